The smallest absolute Gasteiger partial charge is 0.410 e. The summed E-state index contributed by atoms with van der Waals surface area (Å²) in [6.07, 6.45) is -2.74. The fourth-order valence-corrected chi connectivity index (χ4v) is 6.24. The van der Waals surface area contributed by atoms with Gasteiger partial charge in [0.05, 0.1) is 23.9 Å². The number of nitrogens with one attached hydrogen (secondary N) is 1. The normalized spacial score (nSPS) is 15.8. The Bertz CT molecular complexity index is 1680. The van der Waals surface area contributed by atoms with Crippen molar-refractivity contribution in [1.29, 1.82) is 0 Å². The molecule has 1 saturated heterocycles. The summed E-state index contributed by atoms with van der Waals surface area (Å²) < 4.78 is 72.9. The number of sulfonamides is 1. The van der Waals surface area contributed by atoms with Crippen LogP contribution in [0.4, 0.5) is 13.6 Å². The molecule has 2 N–H and O–H groups in total. The molecule has 0 spiro atoms. The minimum absolute atomic E-state index is 0.0931. The van der Waals surface area contributed by atoms with Crippen LogP contribution in [0.5, 0.6) is 5.75 Å². The van der Waals surface area contributed by atoms with Crippen molar-refractivity contribution >= 4 is 28.1 Å². The molecule has 1 heterocycles. The molecule has 1 fully saturated rings. The second-order valence-electron chi connectivity index (χ2n) is 10.8. The Morgan fingerprint density at radius 1 is 0.956 bits per heavy atom. The lowest BCUT2D eigenvalue weighted by Crippen LogP contribution is -2.64. The van der Waals surface area contributed by atoms with Crippen LogP contribution >= 0.6 is 0 Å². The average molecular weight is 647 g/mol. The predicted octanol–water partition coefficient (Wildman–Crippen LogP) is 4.21. The average Bonchev–Trinajstić information content (AvgIpc) is 2.94. The van der Waals surface area contributed by atoms with E-state index >= 15 is 0 Å². The number of carboxylic acids is 1. The van der Waals surface area contributed by atoms with Crippen LogP contribution in [0, 0.1) is 17.6 Å². The van der Waals surface area contributed by atoms with Crippen molar-refractivity contribution in [3.05, 3.63) is 95.6 Å². The Morgan fingerprint density at radius 3 is 2.29 bits per heavy atom. The van der Waals surface area contributed by atoms with Gasteiger partial charge in [0.25, 0.3) is 0 Å². The first kappa shape index (κ1) is 33.3. The van der Waals surface area contributed by atoms with Gasteiger partial charge in [-0.05, 0) is 35.9 Å². The lowest BCUT2D eigenvalue weighted by Gasteiger charge is -2.48. The first-order valence-corrected chi connectivity index (χ1v) is 15.3. The third-order valence-corrected chi connectivity index (χ3v) is 8.72. The second-order valence-corrected chi connectivity index (χ2v) is 12.7. The summed E-state index contributed by atoms with van der Waals surface area (Å²) in [5.41, 5.74) is -1.08. The Morgan fingerprint density at radius 2 is 1.64 bits per heavy atom. The zero-order valence-corrected chi connectivity index (χ0v) is 25.4. The SMILES string of the molecule is CC(OC(=O)N[C@@H](Cc1cccc(S(=O)(=O)N2CC(Oc3cccc(F)c3)(c3ccccc3F)C2)c1)C(=O)O)OC(=O)C(C)C. The van der Waals surface area contributed by atoms with Crippen molar-refractivity contribution < 1.29 is 50.9 Å². The number of rotatable bonds is 12. The summed E-state index contributed by atoms with van der Waals surface area (Å²) in [5, 5.41) is 11.8. The fraction of sp³-hybridized carbons (Fsp3) is 0.323. The number of carboxylic acid groups (broad SMARTS) is 1. The molecule has 1 unspecified atom stereocenters. The lowest BCUT2D eigenvalue weighted by atomic mass is 9.87. The number of carbonyl (C=O) groups excluding carboxylic acids is 2. The number of carbonyl (C=O) groups is 3. The number of hydrogen-bond donors (Lipinski definition) is 2. The molecule has 0 aromatic heterocycles. The van der Waals surface area contributed by atoms with Gasteiger partial charge >= 0.3 is 18.0 Å². The Kier molecular flexibility index (Phi) is 10.1. The van der Waals surface area contributed by atoms with Crippen LogP contribution in [0.3, 0.4) is 0 Å². The first-order chi connectivity index (χ1) is 21.2. The Labute approximate surface area is 258 Å². The zero-order chi connectivity index (χ0) is 32.9. The van der Waals surface area contributed by atoms with Crippen LogP contribution in [-0.2, 0) is 41.1 Å². The number of alkyl carbamates (subject to hydrolysis) is 1. The quantitative estimate of drug-likeness (QED) is 0.218. The standard InChI is InChI=1S/C31H32F2N2O9S/c1-19(2)29(38)42-20(3)43-30(39)34-27(28(36)37)15-21-8-6-11-24(14-21)45(40,41)35-17-31(18-35,25-12-4-5-13-26(25)33)44-23-10-7-9-22(32)16-23/h4-14,16,19-20,27H,15,17-18H2,1-3H3,(H,34,39)(H,36,37)/t20?,27-/m0/s1. The molecule has 1 aliphatic rings. The third kappa shape index (κ3) is 7.94. The Balaban J connectivity index is 1.49. The second kappa shape index (κ2) is 13.6. The molecule has 0 radical (unpaired) electrons. The maximum atomic E-state index is 14.9. The molecule has 1 amide bonds. The van der Waals surface area contributed by atoms with Gasteiger partial charge in [0.2, 0.25) is 16.3 Å². The van der Waals surface area contributed by atoms with E-state index in [1.165, 1.54) is 67.6 Å². The molecule has 14 heteroatoms. The van der Waals surface area contributed by atoms with Gasteiger partial charge in [-0.15, -0.1) is 0 Å². The number of aliphatic carboxylic acids is 1. The molecule has 3 aromatic carbocycles. The van der Waals surface area contributed by atoms with Crippen molar-refractivity contribution in [3.63, 3.8) is 0 Å². The molecule has 45 heavy (non-hydrogen) atoms. The molecule has 0 saturated carbocycles. The fourth-order valence-electron chi connectivity index (χ4n) is 4.64. The lowest BCUT2D eigenvalue weighted by molar-refractivity contribution is -0.169. The van der Waals surface area contributed by atoms with E-state index < -0.39 is 63.5 Å². The van der Waals surface area contributed by atoms with E-state index in [4.69, 9.17) is 14.2 Å². The number of esters is 1. The van der Waals surface area contributed by atoms with Crippen molar-refractivity contribution in [2.45, 2.75) is 50.0 Å². The van der Waals surface area contributed by atoms with Crippen molar-refractivity contribution in [2.24, 2.45) is 5.92 Å². The van der Waals surface area contributed by atoms with Crippen LogP contribution in [0.1, 0.15) is 31.9 Å². The maximum Gasteiger partial charge on any atom is 0.410 e. The molecule has 1 aliphatic heterocycles. The minimum atomic E-state index is -4.18. The molecule has 240 valence electrons. The van der Waals surface area contributed by atoms with Gasteiger partial charge in [-0.25, -0.2) is 26.8 Å². The highest BCUT2D eigenvalue weighted by molar-refractivity contribution is 7.89. The van der Waals surface area contributed by atoms with Gasteiger partial charge < -0.3 is 24.6 Å². The van der Waals surface area contributed by atoms with Crippen LogP contribution in [0.2, 0.25) is 0 Å². The van der Waals surface area contributed by atoms with E-state index in [0.29, 0.717) is 0 Å². The molecule has 0 bridgehead atoms. The van der Waals surface area contributed by atoms with E-state index in [-0.39, 0.29) is 41.3 Å². The maximum absolute atomic E-state index is 14.9. The highest BCUT2D eigenvalue weighted by Gasteiger charge is 2.53. The van der Waals surface area contributed by atoms with Gasteiger partial charge in [0.1, 0.15) is 23.4 Å². The van der Waals surface area contributed by atoms with E-state index in [0.717, 1.165) is 10.4 Å². The van der Waals surface area contributed by atoms with Gasteiger partial charge in [-0.2, -0.15) is 4.31 Å². The predicted molar refractivity (Wildman–Crippen MR) is 155 cm³/mol. The van der Waals surface area contributed by atoms with Crippen LogP contribution in [-0.4, -0.2) is 61.3 Å². The van der Waals surface area contributed by atoms with Crippen molar-refractivity contribution in [3.8, 4) is 5.75 Å². The van der Waals surface area contributed by atoms with E-state index in [2.05, 4.69) is 5.32 Å². The van der Waals surface area contributed by atoms with Crippen molar-refractivity contribution in [2.75, 3.05) is 13.1 Å². The summed E-state index contributed by atoms with van der Waals surface area (Å²) in [6, 6.07) is 14.9. The molecular weight excluding hydrogens is 614 g/mol. The molecule has 0 aliphatic carbocycles. The Hall–Kier alpha value is -4.56. The summed E-state index contributed by atoms with van der Waals surface area (Å²) in [5.74, 6) is -3.61. The summed E-state index contributed by atoms with van der Waals surface area (Å²) in [7, 11) is -4.18. The van der Waals surface area contributed by atoms with Crippen LogP contribution in [0.15, 0.2) is 77.7 Å². The van der Waals surface area contributed by atoms with Crippen LogP contribution < -0.4 is 10.1 Å². The monoisotopic (exact) mass is 646 g/mol. The highest BCUT2D eigenvalue weighted by Crippen LogP contribution is 2.41. The molecular formula is C31H32F2N2O9S. The van der Waals surface area contributed by atoms with E-state index in [9.17, 15) is 36.7 Å². The zero-order valence-electron chi connectivity index (χ0n) is 24.6. The number of halogens is 2. The number of ether oxygens (including phenoxy) is 3. The summed E-state index contributed by atoms with van der Waals surface area (Å²) >= 11 is 0. The largest absolute Gasteiger partial charge is 0.480 e. The van der Waals surface area contributed by atoms with E-state index in [1.54, 1.807) is 19.9 Å². The number of hydrogen-bond acceptors (Lipinski definition) is 8. The van der Waals surface area contributed by atoms with Gasteiger partial charge in [0, 0.05) is 25.0 Å². The minimum Gasteiger partial charge on any atom is -0.480 e. The molecule has 11 nitrogen and oxygen atoms in total. The number of amides is 1. The molecule has 2 atom stereocenters. The van der Waals surface area contributed by atoms with Gasteiger partial charge in [0.15, 0.2) is 5.60 Å². The van der Waals surface area contributed by atoms with Crippen molar-refractivity contribution in [1.82, 2.24) is 9.62 Å². The number of benzene rings is 3. The highest BCUT2D eigenvalue weighted by atomic mass is 32.2. The summed E-state index contributed by atoms with van der Waals surface area (Å²) in [6.45, 7) is 3.89. The number of nitrogens with zero attached hydrogens (tertiary/aromatic N) is 1. The third-order valence-electron chi connectivity index (χ3n) is 6.93. The van der Waals surface area contributed by atoms with Crippen LogP contribution in [0.25, 0.3) is 0 Å². The molecule has 4 rings (SSSR count). The topological polar surface area (TPSA) is 149 Å². The van der Waals surface area contributed by atoms with Gasteiger partial charge in [-0.3, -0.25) is 4.79 Å². The summed E-state index contributed by atoms with van der Waals surface area (Å²) in [4.78, 5) is 35.7. The van der Waals surface area contributed by atoms with Gasteiger partial charge in [-0.1, -0.05) is 50.2 Å². The van der Waals surface area contributed by atoms with E-state index in [1.807, 2.05) is 0 Å². The molecule has 3 aromatic rings. The first-order valence-electron chi connectivity index (χ1n) is 13.9.